The number of anilines is 1. The fourth-order valence-electron chi connectivity index (χ4n) is 1.37. The zero-order chi connectivity index (χ0) is 11.5. The van der Waals surface area contributed by atoms with Crippen molar-refractivity contribution >= 4 is 50.6 Å². The summed E-state index contributed by atoms with van der Waals surface area (Å²) in [7, 11) is 2.03. The van der Waals surface area contributed by atoms with E-state index in [-0.39, 0.29) is 0 Å². The minimum atomic E-state index is 0.772. The largest absolute Gasteiger partial charge is 0.369 e. The van der Waals surface area contributed by atoms with Crippen molar-refractivity contribution in [3.8, 4) is 0 Å². The normalized spacial score (nSPS) is 10.4. The first-order valence-electron chi connectivity index (χ1n) is 4.67. The Morgan fingerprint density at radius 3 is 2.75 bits per heavy atom. The molecular formula is C11H10BrNOS2. The summed E-state index contributed by atoms with van der Waals surface area (Å²) < 4.78 is 1.12. The Hall–Kier alpha value is -0.650. The Morgan fingerprint density at radius 1 is 1.38 bits per heavy atom. The van der Waals surface area contributed by atoms with Crippen molar-refractivity contribution in [2.45, 2.75) is 6.54 Å². The van der Waals surface area contributed by atoms with E-state index in [1.165, 1.54) is 16.2 Å². The van der Waals surface area contributed by atoms with Crippen molar-refractivity contribution in [3.63, 3.8) is 0 Å². The van der Waals surface area contributed by atoms with E-state index < -0.39 is 0 Å². The zero-order valence-corrected chi connectivity index (χ0v) is 11.9. The maximum atomic E-state index is 10.6. The Balaban J connectivity index is 2.07. The summed E-state index contributed by atoms with van der Waals surface area (Å²) in [5.74, 6) is 0. The summed E-state index contributed by atoms with van der Waals surface area (Å²) >= 11 is 6.65. The molecule has 0 amide bonds. The third kappa shape index (κ3) is 2.72. The second-order valence-corrected chi connectivity index (χ2v) is 6.27. The van der Waals surface area contributed by atoms with Gasteiger partial charge in [-0.2, -0.15) is 0 Å². The van der Waals surface area contributed by atoms with Gasteiger partial charge in [-0.3, -0.25) is 4.79 Å². The van der Waals surface area contributed by atoms with E-state index in [0.717, 1.165) is 27.9 Å². The minimum Gasteiger partial charge on any atom is -0.369 e. The van der Waals surface area contributed by atoms with Crippen molar-refractivity contribution < 1.29 is 4.79 Å². The van der Waals surface area contributed by atoms with Gasteiger partial charge in [-0.05, 0) is 28.1 Å². The molecule has 2 aromatic heterocycles. The Morgan fingerprint density at radius 2 is 2.19 bits per heavy atom. The van der Waals surface area contributed by atoms with Gasteiger partial charge >= 0.3 is 0 Å². The molecule has 0 bridgehead atoms. The Bertz CT molecular complexity index is 492. The van der Waals surface area contributed by atoms with Gasteiger partial charge in [0.05, 0.1) is 11.4 Å². The van der Waals surface area contributed by atoms with E-state index in [4.69, 9.17) is 0 Å². The molecule has 0 spiro atoms. The quantitative estimate of drug-likeness (QED) is 0.794. The number of thiophene rings is 2. The summed E-state index contributed by atoms with van der Waals surface area (Å²) in [5.41, 5.74) is 1.09. The van der Waals surface area contributed by atoms with Gasteiger partial charge in [0.1, 0.15) is 0 Å². The summed E-state index contributed by atoms with van der Waals surface area (Å²) in [6.45, 7) is 0.866. The number of aldehydes is 1. The molecule has 2 nitrogen and oxygen atoms in total. The molecular weight excluding hydrogens is 306 g/mol. The second kappa shape index (κ2) is 5.12. The van der Waals surface area contributed by atoms with E-state index in [1.807, 2.05) is 18.5 Å². The molecule has 0 aliphatic carbocycles. The summed E-state index contributed by atoms with van der Waals surface area (Å²) in [5, 5.41) is 4.08. The van der Waals surface area contributed by atoms with Crippen LogP contribution >= 0.6 is 38.6 Å². The lowest BCUT2D eigenvalue weighted by atomic mass is 10.3. The van der Waals surface area contributed by atoms with Crippen LogP contribution in [0.5, 0.6) is 0 Å². The standard InChI is InChI=1S/C11H10BrNOS2/c1-13(4-10-2-8(12)6-15-10)9-3-11(5-14)16-7-9/h2-3,5-7H,4H2,1H3. The highest BCUT2D eigenvalue weighted by Gasteiger charge is 2.06. The van der Waals surface area contributed by atoms with Crippen molar-refractivity contribution in [3.05, 3.63) is 37.1 Å². The van der Waals surface area contributed by atoms with E-state index in [9.17, 15) is 4.79 Å². The predicted molar refractivity (Wildman–Crippen MR) is 73.8 cm³/mol. The van der Waals surface area contributed by atoms with Gasteiger partial charge in [0.25, 0.3) is 0 Å². The second-order valence-electron chi connectivity index (χ2n) is 3.41. The van der Waals surface area contributed by atoms with Crippen LogP contribution in [0.1, 0.15) is 14.5 Å². The minimum absolute atomic E-state index is 0.772. The number of carbonyl (C=O) groups excluding carboxylic acids is 1. The van der Waals surface area contributed by atoms with E-state index in [2.05, 4.69) is 32.3 Å². The summed E-state index contributed by atoms with van der Waals surface area (Å²) in [6.07, 6.45) is 0.893. The predicted octanol–water partition coefficient (Wildman–Crippen LogP) is 4.02. The SMILES string of the molecule is CN(Cc1cc(Br)cs1)c1csc(C=O)c1. The lowest BCUT2D eigenvalue weighted by Gasteiger charge is -2.15. The third-order valence-corrected chi connectivity index (χ3v) is 4.71. The van der Waals surface area contributed by atoms with Crippen LogP contribution in [0.25, 0.3) is 0 Å². The first-order chi connectivity index (χ1) is 7.69. The van der Waals surface area contributed by atoms with Gasteiger partial charge in [0.2, 0.25) is 0 Å². The summed E-state index contributed by atoms with van der Waals surface area (Å²) in [4.78, 5) is 14.8. The molecule has 5 heteroatoms. The number of rotatable bonds is 4. The molecule has 0 aliphatic heterocycles. The fraction of sp³-hybridized carbons (Fsp3) is 0.182. The molecule has 0 radical (unpaired) electrons. The van der Waals surface area contributed by atoms with E-state index >= 15 is 0 Å². The van der Waals surface area contributed by atoms with Crippen molar-refractivity contribution in [2.24, 2.45) is 0 Å². The topological polar surface area (TPSA) is 20.3 Å². The van der Waals surface area contributed by atoms with Crippen LogP contribution in [0.2, 0.25) is 0 Å². The third-order valence-electron chi connectivity index (χ3n) is 2.18. The first kappa shape index (κ1) is 11.8. The highest BCUT2D eigenvalue weighted by Crippen LogP contribution is 2.25. The molecule has 0 atom stereocenters. The van der Waals surface area contributed by atoms with Crippen LogP contribution in [0.3, 0.4) is 0 Å². The van der Waals surface area contributed by atoms with Crippen molar-refractivity contribution in [1.29, 1.82) is 0 Å². The van der Waals surface area contributed by atoms with Crippen LogP contribution in [0.15, 0.2) is 27.4 Å². The fourth-order valence-corrected chi connectivity index (χ4v) is 3.62. The average molecular weight is 316 g/mol. The highest BCUT2D eigenvalue weighted by atomic mass is 79.9. The van der Waals surface area contributed by atoms with Crippen LogP contribution < -0.4 is 4.90 Å². The number of nitrogens with zero attached hydrogens (tertiary/aromatic N) is 1. The Labute approximate surface area is 111 Å². The van der Waals surface area contributed by atoms with Gasteiger partial charge < -0.3 is 4.90 Å². The number of hydrogen-bond acceptors (Lipinski definition) is 4. The van der Waals surface area contributed by atoms with Crippen LogP contribution in [-0.4, -0.2) is 13.3 Å². The average Bonchev–Trinajstić information content (AvgIpc) is 2.87. The van der Waals surface area contributed by atoms with Crippen molar-refractivity contribution in [1.82, 2.24) is 0 Å². The first-order valence-corrected chi connectivity index (χ1v) is 7.22. The lowest BCUT2D eigenvalue weighted by molar-refractivity contribution is 0.112. The smallest absolute Gasteiger partial charge is 0.160 e. The van der Waals surface area contributed by atoms with Gasteiger partial charge in [-0.1, -0.05) is 0 Å². The molecule has 0 aliphatic rings. The molecule has 0 saturated heterocycles. The van der Waals surface area contributed by atoms with Crippen LogP contribution in [0.4, 0.5) is 5.69 Å². The monoisotopic (exact) mass is 315 g/mol. The van der Waals surface area contributed by atoms with Gasteiger partial charge in [-0.15, -0.1) is 22.7 Å². The number of halogens is 1. The van der Waals surface area contributed by atoms with Gasteiger partial charge in [-0.25, -0.2) is 0 Å². The van der Waals surface area contributed by atoms with Gasteiger partial charge in [0, 0.05) is 32.8 Å². The number of hydrogen-bond donors (Lipinski definition) is 0. The molecule has 2 rings (SSSR count). The van der Waals surface area contributed by atoms with Crippen molar-refractivity contribution in [2.75, 3.05) is 11.9 Å². The molecule has 0 fully saturated rings. The van der Waals surface area contributed by atoms with E-state index in [1.54, 1.807) is 11.3 Å². The lowest BCUT2D eigenvalue weighted by Crippen LogP contribution is -2.14. The Kier molecular flexibility index (Phi) is 3.78. The maximum Gasteiger partial charge on any atom is 0.160 e. The van der Waals surface area contributed by atoms with Crippen LogP contribution in [0, 0.1) is 0 Å². The molecule has 2 aromatic rings. The zero-order valence-electron chi connectivity index (χ0n) is 8.64. The molecule has 0 N–H and O–H groups in total. The van der Waals surface area contributed by atoms with Gasteiger partial charge in [0.15, 0.2) is 6.29 Å². The molecule has 0 aromatic carbocycles. The summed E-state index contributed by atoms with van der Waals surface area (Å²) in [6, 6.07) is 4.04. The molecule has 0 saturated carbocycles. The van der Waals surface area contributed by atoms with E-state index in [0.29, 0.717) is 0 Å². The molecule has 2 heterocycles. The number of carbonyl (C=O) groups is 1. The van der Waals surface area contributed by atoms with Crippen LogP contribution in [-0.2, 0) is 6.54 Å². The molecule has 84 valence electrons. The highest BCUT2D eigenvalue weighted by molar-refractivity contribution is 9.10. The maximum absolute atomic E-state index is 10.6. The molecule has 0 unspecified atom stereocenters. The molecule has 16 heavy (non-hydrogen) atoms.